The maximum absolute atomic E-state index is 12.4. The number of carbonyl (C=O) groups is 1. The number of aliphatic hydroxyl groups excluding tert-OH is 1. The zero-order valence-corrected chi connectivity index (χ0v) is 31.8. The fraction of sp³-hybridized carbons (Fsp3) is 0.447. The van der Waals surface area contributed by atoms with Gasteiger partial charge in [-0.3, -0.25) is 25.8 Å². The van der Waals surface area contributed by atoms with E-state index in [-0.39, 0.29) is 17.7 Å². The van der Waals surface area contributed by atoms with Crippen molar-refractivity contribution in [2.75, 3.05) is 80.8 Å². The van der Waals surface area contributed by atoms with Gasteiger partial charge in [-0.25, -0.2) is 0 Å². The van der Waals surface area contributed by atoms with E-state index in [0.717, 1.165) is 11.4 Å². The van der Waals surface area contributed by atoms with E-state index < -0.39 is 17.3 Å². The molecule has 300 valence electrons. The highest BCUT2D eigenvalue weighted by Crippen LogP contribution is 2.36. The Bertz CT molecular complexity index is 1680. The Kier molecular flexibility index (Phi) is 16.9. The summed E-state index contributed by atoms with van der Waals surface area (Å²) in [5, 5.41) is 24.1. The van der Waals surface area contributed by atoms with E-state index in [9.17, 15) is 20.0 Å². The van der Waals surface area contributed by atoms with Gasteiger partial charge in [0.1, 0.15) is 11.5 Å². The monoisotopic (exact) mass is 766 g/mol. The molecule has 0 saturated carbocycles. The van der Waals surface area contributed by atoms with Gasteiger partial charge in [0.05, 0.1) is 73.9 Å². The molecule has 1 aliphatic rings. The Morgan fingerprint density at radius 1 is 0.982 bits per heavy atom. The number of hydrogen-bond acceptors (Lipinski definition) is 15. The molecule has 4 rings (SSSR count). The predicted octanol–water partition coefficient (Wildman–Crippen LogP) is 4.97. The van der Waals surface area contributed by atoms with Crippen LogP contribution in [0, 0.1) is 10.1 Å². The molecule has 3 aromatic carbocycles. The maximum Gasteiger partial charge on any atom is 0.269 e. The van der Waals surface area contributed by atoms with Gasteiger partial charge in [-0.2, -0.15) is 0 Å². The van der Waals surface area contributed by atoms with Crippen molar-refractivity contribution in [3.8, 4) is 11.5 Å². The molecular weight excluding hydrogens is 712 g/mol. The number of ether oxygens (including phenoxy) is 5. The molecular formula is C38H54N8O9. The Balaban J connectivity index is 1.13. The topological polar surface area (TPSA) is 216 Å². The number of aliphatic hydroxyl groups is 1. The van der Waals surface area contributed by atoms with Crippen molar-refractivity contribution in [3.63, 3.8) is 0 Å². The Morgan fingerprint density at radius 3 is 2.18 bits per heavy atom. The summed E-state index contributed by atoms with van der Waals surface area (Å²) >= 11 is 0. The summed E-state index contributed by atoms with van der Waals surface area (Å²) < 4.78 is 28.4. The molecule has 3 unspecified atom stereocenters. The first-order valence-corrected chi connectivity index (χ1v) is 18.1. The molecule has 17 nitrogen and oxygen atoms in total. The van der Waals surface area contributed by atoms with Gasteiger partial charge in [-0.05, 0) is 56.2 Å². The number of hydrogen-bond donors (Lipinski definition) is 7. The zero-order valence-electron chi connectivity index (χ0n) is 31.8. The van der Waals surface area contributed by atoms with E-state index in [4.69, 9.17) is 29.4 Å². The van der Waals surface area contributed by atoms with Gasteiger partial charge in [0.15, 0.2) is 6.29 Å². The lowest BCUT2D eigenvalue weighted by Crippen LogP contribution is -2.40. The Morgan fingerprint density at radius 2 is 1.60 bits per heavy atom. The summed E-state index contributed by atoms with van der Waals surface area (Å²) in [7, 11) is 5.09. The highest BCUT2D eigenvalue weighted by Gasteiger charge is 2.29. The molecule has 17 heteroatoms. The summed E-state index contributed by atoms with van der Waals surface area (Å²) in [6.07, 6.45) is 3.09. The number of nitrogens with one attached hydrogen (secondary N) is 5. The molecule has 0 aromatic heterocycles. The third-order valence-electron chi connectivity index (χ3n) is 8.72. The van der Waals surface area contributed by atoms with Crippen molar-refractivity contribution in [3.05, 3.63) is 82.6 Å². The summed E-state index contributed by atoms with van der Waals surface area (Å²) in [6, 6.07) is 17.4. The molecule has 1 fully saturated rings. The van der Waals surface area contributed by atoms with Crippen LogP contribution in [-0.2, 0) is 19.0 Å². The molecule has 0 bridgehead atoms. The van der Waals surface area contributed by atoms with Gasteiger partial charge in [0.25, 0.3) is 5.69 Å². The minimum absolute atomic E-state index is 0.000493. The second-order valence-electron chi connectivity index (χ2n) is 12.9. The largest absolute Gasteiger partial charge is 0.494 e. The van der Waals surface area contributed by atoms with Gasteiger partial charge in [-0.1, -0.05) is 6.08 Å². The van der Waals surface area contributed by atoms with Crippen LogP contribution in [0.5, 0.6) is 11.5 Å². The number of allylic oxidation sites excluding steroid dienone is 1. The van der Waals surface area contributed by atoms with E-state index in [1.807, 2.05) is 38.2 Å². The van der Waals surface area contributed by atoms with Crippen LogP contribution in [0.3, 0.4) is 0 Å². The molecule has 1 aliphatic heterocycles. The van der Waals surface area contributed by atoms with Crippen molar-refractivity contribution in [2.45, 2.75) is 57.5 Å². The lowest BCUT2D eigenvalue weighted by Gasteiger charge is -2.32. The number of anilines is 5. The number of nitro benzene ring substituents is 1. The average molecular weight is 767 g/mol. The molecule has 1 saturated heterocycles. The zero-order chi connectivity index (χ0) is 39.6. The van der Waals surface area contributed by atoms with Crippen LogP contribution in [0.25, 0.3) is 0 Å². The number of nitrogens with two attached hydrogens (primary N) is 1. The van der Waals surface area contributed by atoms with E-state index in [1.165, 1.54) is 12.1 Å². The van der Waals surface area contributed by atoms with Crippen LogP contribution in [0.1, 0.15) is 39.0 Å². The number of nitro groups is 1. The average Bonchev–Trinajstić information content (AvgIpc) is 3.19. The summed E-state index contributed by atoms with van der Waals surface area (Å²) in [4.78, 5) is 25.0. The number of carbonyl (C=O) groups excluding carboxylic acids is 1. The van der Waals surface area contributed by atoms with E-state index in [2.05, 4.69) is 31.9 Å². The molecule has 3 atom stereocenters. The summed E-state index contributed by atoms with van der Waals surface area (Å²) in [5.74, 6) is 1.04. The number of nitrogens with zero attached hydrogens (tertiary/aromatic N) is 2. The lowest BCUT2D eigenvalue weighted by atomic mass is 10.1. The number of methoxy groups -OCH3 is 2. The maximum atomic E-state index is 12.4. The molecule has 8 N–H and O–H groups in total. The number of rotatable bonds is 23. The van der Waals surface area contributed by atoms with Gasteiger partial charge in [0, 0.05) is 75.0 Å². The first-order valence-electron chi connectivity index (χ1n) is 18.1. The molecule has 1 heterocycles. The normalized spacial score (nSPS) is 16.8. The highest BCUT2D eigenvalue weighted by molar-refractivity contribution is 5.76. The summed E-state index contributed by atoms with van der Waals surface area (Å²) in [6.45, 7) is 4.08. The Hall–Kier alpha value is -5.49. The third-order valence-corrected chi connectivity index (χ3v) is 8.72. The number of non-ortho nitro benzene ring substituents is 1. The van der Waals surface area contributed by atoms with E-state index in [1.54, 1.807) is 44.6 Å². The van der Waals surface area contributed by atoms with Crippen LogP contribution in [0.2, 0.25) is 0 Å². The standard InChI is InChI=1S/C38H54N8O9/c1-5-26(39)24-53-25-32-20-31(47)21-38(55-32)54-19-7-17-40-37(48)8-6-18-45(2)29-13-9-27(10-14-29)41-43-33-22-36(52-4)34(23-35(33)51-3)44-42-28-11-15-30(16-12-28)46(49)50/h5,9-16,22-23,31-32,38,41-44,47H,6-8,17-21,24-25,39H2,1-4H3,(H,40,48)/b26-5-. The highest BCUT2D eigenvalue weighted by atomic mass is 16.7. The fourth-order valence-corrected chi connectivity index (χ4v) is 5.60. The molecule has 1 amide bonds. The Labute approximate surface area is 321 Å². The van der Waals surface area contributed by atoms with Gasteiger partial charge in [0.2, 0.25) is 5.91 Å². The third kappa shape index (κ3) is 14.0. The predicted molar refractivity (Wildman–Crippen MR) is 212 cm³/mol. The second kappa shape index (κ2) is 22.0. The van der Waals surface area contributed by atoms with Crippen LogP contribution < -0.4 is 47.1 Å². The van der Waals surface area contributed by atoms with Crippen LogP contribution in [-0.4, -0.2) is 88.6 Å². The minimum atomic E-state index is -0.520. The van der Waals surface area contributed by atoms with Crippen LogP contribution in [0.15, 0.2) is 72.4 Å². The van der Waals surface area contributed by atoms with Gasteiger partial charge >= 0.3 is 0 Å². The molecule has 0 radical (unpaired) electrons. The summed E-state index contributed by atoms with van der Waals surface area (Å²) in [5.41, 5.74) is 22.5. The van der Waals surface area contributed by atoms with Crippen molar-refractivity contribution in [2.24, 2.45) is 5.73 Å². The van der Waals surface area contributed by atoms with Crippen molar-refractivity contribution in [1.82, 2.24) is 5.32 Å². The second-order valence-corrected chi connectivity index (χ2v) is 12.9. The minimum Gasteiger partial charge on any atom is -0.494 e. The molecule has 0 spiro atoms. The SMILES string of the molecule is C/C=C(\N)COCC1CC(O)CC(OCCCNC(=O)CCCN(C)c2ccc(NNc3cc(OC)c(NNc4ccc([N+](=O)[O-])cc4)cc3OC)cc2)O1. The number of benzene rings is 3. The quantitative estimate of drug-likeness (QED) is 0.0385. The number of amides is 1. The van der Waals surface area contributed by atoms with E-state index >= 15 is 0 Å². The van der Waals surface area contributed by atoms with Crippen LogP contribution in [0.4, 0.5) is 34.1 Å². The van der Waals surface area contributed by atoms with E-state index in [0.29, 0.717) is 99.3 Å². The lowest BCUT2D eigenvalue weighted by molar-refractivity contribution is -0.384. The first kappa shape index (κ1) is 42.3. The smallest absolute Gasteiger partial charge is 0.269 e. The van der Waals surface area contributed by atoms with Crippen LogP contribution >= 0.6 is 0 Å². The van der Waals surface area contributed by atoms with Gasteiger partial charge in [-0.15, -0.1) is 0 Å². The van der Waals surface area contributed by atoms with Crippen molar-refractivity contribution < 1.29 is 38.5 Å². The molecule has 0 aliphatic carbocycles. The van der Waals surface area contributed by atoms with Crippen molar-refractivity contribution in [1.29, 1.82) is 0 Å². The molecule has 55 heavy (non-hydrogen) atoms. The molecule has 3 aromatic rings. The first-order chi connectivity index (χ1) is 26.6. The fourth-order valence-electron chi connectivity index (χ4n) is 5.60. The van der Waals surface area contributed by atoms with Gasteiger partial charge < -0.3 is 55.6 Å². The number of hydrazine groups is 2. The van der Waals surface area contributed by atoms with Crippen molar-refractivity contribution >= 4 is 40.0 Å².